The maximum Gasteiger partial charge on any atom is 0.242 e. The van der Waals surface area contributed by atoms with Crippen molar-refractivity contribution in [1.29, 1.82) is 0 Å². The van der Waals surface area contributed by atoms with Crippen LogP contribution in [0.4, 0.5) is 5.13 Å². The standard InChI is InChI=1S/C6H8BrN3OS/c1-3(8)5(11)10-6-9-2-4(7)12-6/h2-3H,8H2,1H3,(H,9,10,11)/t3-/m0/s1. The fourth-order valence-electron chi connectivity index (χ4n) is 0.531. The van der Waals surface area contributed by atoms with Crippen molar-refractivity contribution >= 4 is 38.3 Å². The second-order valence-corrected chi connectivity index (χ2v) is 4.66. The van der Waals surface area contributed by atoms with Gasteiger partial charge in [0.15, 0.2) is 5.13 Å². The number of carbonyl (C=O) groups excluding carboxylic acids is 1. The van der Waals surface area contributed by atoms with Gasteiger partial charge in [-0.3, -0.25) is 4.79 Å². The summed E-state index contributed by atoms with van der Waals surface area (Å²) in [5.74, 6) is -0.225. The first-order chi connectivity index (χ1) is 5.59. The summed E-state index contributed by atoms with van der Waals surface area (Å²) in [6.07, 6.45) is 1.63. The van der Waals surface area contributed by atoms with Gasteiger partial charge in [-0.05, 0) is 22.9 Å². The van der Waals surface area contributed by atoms with Crippen molar-refractivity contribution in [3.8, 4) is 0 Å². The van der Waals surface area contributed by atoms with Gasteiger partial charge in [0.2, 0.25) is 5.91 Å². The summed E-state index contributed by atoms with van der Waals surface area (Å²) in [5.41, 5.74) is 5.34. The average Bonchev–Trinajstić information content (AvgIpc) is 2.35. The van der Waals surface area contributed by atoms with E-state index in [2.05, 4.69) is 26.2 Å². The third-order valence-electron chi connectivity index (χ3n) is 1.12. The number of amides is 1. The lowest BCUT2D eigenvalue weighted by Gasteiger charge is -2.02. The molecule has 1 aromatic heterocycles. The van der Waals surface area contributed by atoms with E-state index in [4.69, 9.17) is 5.73 Å². The number of thiazole rings is 1. The van der Waals surface area contributed by atoms with Crippen molar-refractivity contribution < 1.29 is 4.79 Å². The fourth-order valence-corrected chi connectivity index (χ4v) is 1.64. The fraction of sp³-hybridized carbons (Fsp3) is 0.333. The van der Waals surface area contributed by atoms with E-state index in [0.29, 0.717) is 5.13 Å². The van der Waals surface area contributed by atoms with Crippen molar-refractivity contribution in [3.05, 3.63) is 9.98 Å². The number of carbonyl (C=O) groups is 1. The molecule has 0 unspecified atom stereocenters. The minimum Gasteiger partial charge on any atom is -0.320 e. The minimum absolute atomic E-state index is 0.225. The van der Waals surface area contributed by atoms with Crippen molar-refractivity contribution in [3.63, 3.8) is 0 Å². The Kier molecular flexibility index (Phi) is 3.19. The Morgan fingerprint density at radius 3 is 3.00 bits per heavy atom. The minimum atomic E-state index is -0.507. The molecule has 3 N–H and O–H groups in total. The topological polar surface area (TPSA) is 68.0 Å². The van der Waals surface area contributed by atoms with Gasteiger partial charge in [0.25, 0.3) is 0 Å². The van der Waals surface area contributed by atoms with E-state index in [-0.39, 0.29) is 5.91 Å². The molecule has 0 fully saturated rings. The maximum absolute atomic E-state index is 11.0. The molecule has 1 heterocycles. The van der Waals surface area contributed by atoms with Gasteiger partial charge in [-0.25, -0.2) is 4.98 Å². The van der Waals surface area contributed by atoms with Crippen LogP contribution in [0.5, 0.6) is 0 Å². The Balaban J connectivity index is 2.58. The molecule has 1 amide bonds. The summed E-state index contributed by atoms with van der Waals surface area (Å²) in [4.78, 5) is 15.0. The van der Waals surface area contributed by atoms with Crippen LogP contribution in [-0.4, -0.2) is 16.9 Å². The largest absolute Gasteiger partial charge is 0.320 e. The monoisotopic (exact) mass is 249 g/mol. The number of nitrogens with zero attached hydrogens (tertiary/aromatic N) is 1. The number of anilines is 1. The quantitative estimate of drug-likeness (QED) is 0.828. The second kappa shape index (κ2) is 3.97. The molecule has 1 atom stereocenters. The summed E-state index contributed by atoms with van der Waals surface area (Å²) in [6, 6.07) is -0.507. The molecule has 4 nitrogen and oxygen atoms in total. The Morgan fingerprint density at radius 1 is 1.92 bits per heavy atom. The predicted molar refractivity (Wildman–Crippen MR) is 52.1 cm³/mol. The summed E-state index contributed by atoms with van der Waals surface area (Å²) in [5, 5.41) is 3.14. The van der Waals surface area contributed by atoms with Crippen molar-refractivity contribution in [2.24, 2.45) is 5.73 Å². The Hall–Kier alpha value is -0.460. The lowest BCUT2D eigenvalue weighted by atomic mass is 10.3. The van der Waals surface area contributed by atoms with Crippen LogP contribution in [-0.2, 0) is 4.79 Å². The highest BCUT2D eigenvalue weighted by Crippen LogP contribution is 2.22. The van der Waals surface area contributed by atoms with E-state index < -0.39 is 6.04 Å². The molecule has 0 saturated heterocycles. The molecule has 0 aromatic carbocycles. The molecule has 0 aliphatic heterocycles. The number of aromatic nitrogens is 1. The number of hydrogen-bond donors (Lipinski definition) is 2. The number of nitrogens with one attached hydrogen (secondary N) is 1. The molecule has 0 bridgehead atoms. The van der Waals surface area contributed by atoms with E-state index in [9.17, 15) is 4.79 Å². The molecule has 1 rings (SSSR count). The number of halogens is 1. The van der Waals surface area contributed by atoms with E-state index in [1.54, 1.807) is 13.1 Å². The van der Waals surface area contributed by atoms with Crippen molar-refractivity contribution in [2.45, 2.75) is 13.0 Å². The Labute approximate surface area is 82.3 Å². The first-order valence-electron chi connectivity index (χ1n) is 3.27. The smallest absolute Gasteiger partial charge is 0.242 e. The number of hydrogen-bond acceptors (Lipinski definition) is 4. The summed E-state index contributed by atoms with van der Waals surface area (Å²) >= 11 is 4.58. The van der Waals surface area contributed by atoms with Crippen LogP contribution in [0.25, 0.3) is 0 Å². The Bertz CT molecular complexity index is 286. The highest BCUT2D eigenvalue weighted by molar-refractivity contribution is 9.11. The zero-order valence-electron chi connectivity index (χ0n) is 6.37. The average molecular weight is 250 g/mol. The Morgan fingerprint density at radius 2 is 2.58 bits per heavy atom. The van der Waals surface area contributed by atoms with Crippen LogP contribution in [0.3, 0.4) is 0 Å². The van der Waals surface area contributed by atoms with Gasteiger partial charge in [0.1, 0.15) is 0 Å². The van der Waals surface area contributed by atoms with Gasteiger partial charge >= 0.3 is 0 Å². The lowest BCUT2D eigenvalue weighted by molar-refractivity contribution is -0.117. The van der Waals surface area contributed by atoms with Crippen LogP contribution in [0.2, 0.25) is 0 Å². The third kappa shape index (κ3) is 2.54. The summed E-state index contributed by atoms with van der Waals surface area (Å²) in [6.45, 7) is 1.62. The molecule has 6 heteroatoms. The van der Waals surface area contributed by atoms with Gasteiger partial charge in [-0.2, -0.15) is 0 Å². The first kappa shape index (κ1) is 9.63. The molecular weight excluding hydrogens is 242 g/mol. The number of rotatable bonds is 2. The van der Waals surface area contributed by atoms with E-state index in [1.807, 2.05) is 0 Å². The van der Waals surface area contributed by atoms with Crippen LogP contribution in [0.15, 0.2) is 9.98 Å². The van der Waals surface area contributed by atoms with Gasteiger partial charge in [-0.1, -0.05) is 11.3 Å². The summed E-state index contributed by atoms with van der Waals surface area (Å²) < 4.78 is 0.877. The van der Waals surface area contributed by atoms with Crippen LogP contribution >= 0.6 is 27.3 Å². The molecule has 0 saturated carbocycles. The van der Waals surface area contributed by atoms with Gasteiger partial charge in [0, 0.05) is 0 Å². The highest BCUT2D eigenvalue weighted by Gasteiger charge is 2.09. The predicted octanol–water partition coefficient (Wildman–Crippen LogP) is 1.19. The SMILES string of the molecule is C[C@H](N)C(=O)Nc1ncc(Br)s1. The maximum atomic E-state index is 11.0. The number of nitrogens with two attached hydrogens (primary N) is 1. The van der Waals surface area contributed by atoms with Crippen molar-refractivity contribution in [1.82, 2.24) is 4.98 Å². The second-order valence-electron chi connectivity index (χ2n) is 2.25. The van der Waals surface area contributed by atoms with E-state index in [1.165, 1.54) is 11.3 Å². The van der Waals surface area contributed by atoms with E-state index in [0.717, 1.165) is 3.79 Å². The van der Waals surface area contributed by atoms with Crippen LogP contribution < -0.4 is 11.1 Å². The molecule has 1 aromatic rings. The molecule has 12 heavy (non-hydrogen) atoms. The van der Waals surface area contributed by atoms with Crippen molar-refractivity contribution in [2.75, 3.05) is 5.32 Å². The van der Waals surface area contributed by atoms with Gasteiger partial charge in [0.05, 0.1) is 16.0 Å². The summed E-state index contributed by atoms with van der Waals surface area (Å²) in [7, 11) is 0. The third-order valence-corrected chi connectivity index (χ3v) is 2.51. The lowest BCUT2D eigenvalue weighted by Crippen LogP contribution is -2.32. The first-order valence-corrected chi connectivity index (χ1v) is 4.88. The van der Waals surface area contributed by atoms with Crippen LogP contribution in [0.1, 0.15) is 6.92 Å². The molecule has 0 spiro atoms. The van der Waals surface area contributed by atoms with E-state index >= 15 is 0 Å². The van der Waals surface area contributed by atoms with Gasteiger partial charge in [-0.15, -0.1) is 0 Å². The normalized spacial score (nSPS) is 12.6. The molecule has 0 aliphatic rings. The molecule has 0 aliphatic carbocycles. The zero-order chi connectivity index (χ0) is 9.14. The highest BCUT2D eigenvalue weighted by atomic mass is 79.9. The molecular formula is C6H8BrN3OS. The van der Waals surface area contributed by atoms with Gasteiger partial charge < -0.3 is 11.1 Å². The molecule has 0 radical (unpaired) electrons. The zero-order valence-corrected chi connectivity index (χ0v) is 8.78. The van der Waals surface area contributed by atoms with Crippen LogP contribution in [0, 0.1) is 0 Å². The molecule has 66 valence electrons.